The van der Waals surface area contributed by atoms with E-state index in [1.165, 1.54) is 38.1 Å². The second-order valence-electron chi connectivity index (χ2n) is 12.4. The molecule has 0 aromatic carbocycles. The van der Waals surface area contributed by atoms with Crippen LogP contribution in [-0.4, -0.2) is 78.5 Å². The number of alkyl halides is 2. The number of aliphatic imine (C=N–C) groups is 1. The van der Waals surface area contributed by atoms with E-state index < -0.39 is 22.1 Å². The molecule has 1 unspecified atom stereocenters. The van der Waals surface area contributed by atoms with Crippen LogP contribution < -0.4 is 11.1 Å². The maximum atomic E-state index is 13.4. The molecule has 1 saturated heterocycles. The van der Waals surface area contributed by atoms with Gasteiger partial charge in [0.2, 0.25) is 0 Å². The first-order valence-electron chi connectivity index (χ1n) is 15.2. The molecule has 0 amide bonds. The number of nitrogens with one attached hydrogen (secondary N) is 1. The predicted octanol–water partition coefficient (Wildman–Crippen LogP) is 3.74. The standard InChI is InChI=1S/C29H36F2N10O2S/c30-28(31)40-13-9-24(38-40)23-16-34-26(14-29(23,32)21-4-2-19(3-5-21)17-39-11-1-12-39)36-25-8-10-33-27(37-25)20-15-35-41(18-20)44(42,43)22-6-7-22/h8-10,13,15-16,18-19,21-22,28H,1-7,11-12,14,17,32H2,(H,33,34,36,37). The molecule has 3 aromatic heterocycles. The molecule has 15 heteroatoms. The molecule has 0 radical (unpaired) electrons. The summed E-state index contributed by atoms with van der Waals surface area (Å²) in [7, 11) is -3.50. The molecule has 5 heterocycles. The molecule has 12 nitrogen and oxygen atoms in total. The van der Waals surface area contributed by atoms with Crippen molar-refractivity contribution < 1.29 is 17.2 Å². The van der Waals surface area contributed by atoms with Crippen molar-refractivity contribution in [3.05, 3.63) is 48.8 Å². The topological polar surface area (TPSA) is 149 Å². The Kier molecular flexibility index (Phi) is 7.57. The number of nitrogens with zero attached hydrogens (tertiary/aromatic N) is 8. The van der Waals surface area contributed by atoms with Crippen LogP contribution in [0, 0.1) is 11.8 Å². The molecule has 0 bridgehead atoms. The molecular formula is C29H36F2N10O2S. The highest BCUT2D eigenvalue weighted by Crippen LogP contribution is 2.44. The maximum absolute atomic E-state index is 13.4. The molecule has 3 N–H and O–H groups in total. The molecule has 2 aliphatic heterocycles. The quantitative estimate of drug-likeness (QED) is 0.362. The summed E-state index contributed by atoms with van der Waals surface area (Å²) >= 11 is 0. The zero-order valence-corrected chi connectivity index (χ0v) is 25.1. The van der Waals surface area contributed by atoms with Gasteiger partial charge in [-0.15, -0.1) is 0 Å². The van der Waals surface area contributed by atoms with E-state index in [1.807, 2.05) is 0 Å². The van der Waals surface area contributed by atoms with Gasteiger partial charge in [-0.1, -0.05) is 0 Å². The SMILES string of the molecule is NC1(C2CCC(CN3CCC3)CC2)CC(Nc2ccnc(-c3cnn(S(=O)(=O)C4CC4)c3)n2)=NC=C1c1ccn(C(F)F)n1. The first-order valence-corrected chi connectivity index (χ1v) is 16.7. The largest absolute Gasteiger partial charge is 0.333 e. The minimum atomic E-state index is -3.50. The van der Waals surface area contributed by atoms with Gasteiger partial charge in [0, 0.05) is 37.1 Å². The summed E-state index contributed by atoms with van der Waals surface area (Å²) in [5.74, 6) is 2.12. The molecule has 44 heavy (non-hydrogen) atoms. The highest BCUT2D eigenvalue weighted by molar-refractivity contribution is 7.90. The third-order valence-corrected chi connectivity index (χ3v) is 11.4. The van der Waals surface area contributed by atoms with E-state index in [0.29, 0.717) is 64.2 Å². The molecular weight excluding hydrogens is 590 g/mol. The summed E-state index contributed by atoms with van der Waals surface area (Å²) < 4.78 is 53.6. The van der Waals surface area contributed by atoms with Crippen molar-refractivity contribution in [2.45, 2.75) is 68.7 Å². The van der Waals surface area contributed by atoms with Gasteiger partial charge in [0.15, 0.2) is 5.82 Å². The predicted molar refractivity (Wildman–Crippen MR) is 161 cm³/mol. The lowest BCUT2D eigenvalue weighted by Crippen LogP contribution is -2.53. The van der Waals surface area contributed by atoms with Crippen molar-refractivity contribution in [2.75, 3.05) is 25.0 Å². The van der Waals surface area contributed by atoms with Crippen molar-refractivity contribution in [1.82, 2.24) is 33.8 Å². The van der Waals surface area contributed by atoms with E-state index in [4.69, 9.17) is 5.73 Å². The summed E-state index contributed by atoms with van der Waals surface area (Å²) in [5.41, 5.74) is 7.94. The highest BCUT2D eigenvalue weighted by atomic mass is 32.2. The summed E-state index contributed by atoms with van der Waals surface area (Å²) in [4.78, 5) is 16.0. The van der Waals surface area contributed by atoms with Crippen molar-refractivity contribution in [1.29, 1.82) is 0 Å². The van der Waals surface area contributed by atoms with Crippen molar-refractivity contribution in [2.24, 2.45) is 22.6 Å². The van der Waals surface area contributed by atoms with Crippen LogP contribution in [-0.2, 0) is 10.0 Å². The number of rotatable bonds is 9. The van der Waals surface area contributed by atoms with Gasteiger partial charge in [-0.3, -0.25) is 0 Å². The van der Waals surface area contributed by atoms with Crippen LogP contribution in [0.5, 0.6) is 0 Å². The lowest BCUT2D eigenvalue weighted by atomic mass is 9.66. The second-order valence-corrected chi connectivity index (χ2v) is 14.5. The number of aromatic nitrogens is 6. The smallest absolute Gasteiger partial charge is 0.328 e. The zero-order chi connectivity index (χ0) is 30.5. The van der Waals surface area contributed by atoms with Gasteiger partial charge in [0.25, 0.3) is 10.0 Å². The Hall–Kier alpha value is -3.56. The fourth-order valence-electron chi connectivity index (χ4n) is 6.60. The molecule has 4 aliphatic rings. The van der Waals surface area contributed by atoms with Gasteiger partial charge < -0.3 is 16.0 Å². The van der Waals surface area contributed by atoms with Crippen LogP contribution in [0.15, 0.2) is 48.1 Å². The summed E-state index contributed by atoms with van der Waals surface area (Å²) in [5, 5.41) is 11.1. The number of hydrogen-bond acceptors (Lipinski definition) is 10. The van der Waals surface area contributed by atoms with E-state index in [2.05, 4.69) is 35.4 Å². The van der Waals surface area contributed by atoms with Gasteiger partial charge in [-0.25, -0.2) is 28.1 Å². The molecule has 7 rings (SSSR count). The third-order valence-electron chi connectivity index (χ3n) is 9.39. The molecule has 2 saturated carbocycles. The minimum Gasteiger partial charge on any atom is -0.328 e. The molecule has 234 valence electrons. The van der Waals surface area contributed by atoms with Crippen molar-refractivity contribution in [3.8, 4) is 11.4 Å². The summed E-state index contributed by atoms with van der Waals surface area (Å²) in [6, 6.07) is 3.27. The molecule has 3 fully saturated rings. The van der Waals surface area contributed by atoms with Crippen LogP contribution in [0.4, 0.5) is 14.6 Å². The Morgan fingerprint density at radius 3 is 2.59 bits per heavy atom. The van der Waals surface area contributed by atoms with Crippen LogP contribution in [0.1, 0.15) is 63.6 Å². The van der Waals surface area contributed by atoms with E-state index >= 15 is 0 Å². The average Bonchev–Trinajstić information content (AvgIpc) is 3.53. The highest BCUT2D eigenvalue weighted by Gasteiger charge is 2.44. The van der Waals surface area contributed by atoms with Gasteiger partial charge >= 0.3 is 6.55 Å². The Morgan fingerprint density at radius 2 is 1.91 bits per heavy atom. The number of hydrogen-bond donors (Lipinski definition) is 2. The fourth-order valence-corrected chi connectivity index (χ4v) is 8.08. The normalized spacial score (nSPS) is 26.3. The van der Waals surface area contributed by atoms with Crippen LogP contribution in [0.25, 0.3) is 17.0 Å². The number of nitrogens with two attached hydrogens (primary N) is 1. The van der Waals surface area contributed by atoms with Crippen molar-refractivity contribution >= 4 is 27.2 Å². The molecule has 2 aliphatic carbocycles. The first-order chi connectivity index (χ1) is 21.2. The maximum Gasteiger partial charge on any atom is 0.333 e. The van der Waals surface area contributed by atoms with Gasteiger partial charge in [0.1, 0.15) is 11.7 Å². The van der Waals surface area contributed by atoms with Gasteiger partial charge in [-0.05, 0) is 82.0 Å². The van der Waals surface area contributed by atoms with Crippen LogP contribution in [0.2, 0.25) is 0 Å². The van der Waals surface area contributed by atoms with E-state index in [-0.39, 0.29) is 11.2 Å². The Balaban J connectivity index is 1.12. The van der Waals surface area contributed by atoms with E-state index in [1.54, 1.807) is 24.5 Å². The van der Waals surface area contributed by atoms with Gasteiger partial charge in [-0.2, -0.15) is 23.1 Å². The third kappa shape index (κ3) is 5.68. The number of halogens is 2. The molecule has 3 aromatic rings. The van der Waals surface area contributed by atoms with E-state index in [9.17, 15) is 17.2 Å². The first kappa shape index (κ1) is 29.2. The minimum absolute atomic E-state index is 0.116. The van der Waals surface area contributed by atoms with Gasteiger partial charge in [0.05, 0.1) is 34.4 Å². The Bertz CT molecular complexity index is 1690. The van der Waals surface area contributed by atoms with Crippen molar-refractivity contribution in [3.63, 3.8) is 0 Å². The Labute approximate surface area is 254 Å². The Morgan fingerprint density at radius 1 is 1.11 bits per heavy atom. The lowest BCUT2D eigenvalue weighted by molar-refractivity contribution is 0.0564. The monoisotopic (exact) mass is 626 g/mol. The second kappa shape index (κ2) is 11.4. The van der Waals surface area contributed by atoms with Crippen LogP contribution in [0.3, 0.4) is 0 Å². The fraction of sp³-hybridized carbons (Fsp3) is 0.552. The average molecular weight is 627 g/mol. The molecule has 0 spiro atoms. The summed E-state index contributed by atoms with van der Waals surface area (Å²) in [6.07, 6.45) is 14.3. The number of anilines is 1. The lowest BCUT2D eigenvalue weighted by Gasteiger charge is -2.45. The van der Waals surface area contributed by atoms with E-state index in [0.717, 1.165) is 36.3 Å². The molecule has 1 atom stereocenters. The number of likely N-dealkylation sites (tertiary alicyclic amines) is 1. The zero-order valence-electron chi connectivity index (χ0n) is 24.3. The van der Waals surface area contributed by atoms with Crippen LogP contribution >= 0.6 is 0 Å². The summed E-state index contributed by atoms with van der Waals surface area (Å²) in [6.45, 7) is 0.740. The number of amidine groups is 1.